The molecule has 2 aromatic rings. The predicted octanol–water partition coefficient (Wildman–Crippen LogP) is 3.35. The van der Waals surface area contributed by atoms with Gasteiger partial charge in [0.2, 0.25) is 0 Å². The van der Waals surface area contributed by atoms with Gasteiger partial charge in [0, 0.05) is 35.0 Å². The van der Waals surface area contributed by atoms with Gasteiger partial charge in [-0.15, -0.1) is 11.8 Å². The molecule has 1 atom stereocenters. The molecule has 1 aromatic carbocycles. The molecular weight excluding hydrogens is 254 g/mol. The van der Waals surface area contributed by atoms with Crippen molar-refractivity contribution in [2.24, 2.45) is 0 Å². The summed E-state index contributed by atoms with van der Waals surface area (Å²) in [6.07, 6.45) is 5.24. The monoisotopic (exact) mass is 275 g/mol. The summed E-state index contributed by atoms with van der Waals surface area (Å²) < 4.78 is 2.02. The fraction of sp³-hybridized carbons (Fsp3) is 0.400. The Labute approximate surface area is 119 Å². The van der Waals surface area contributed by atoms with Crippen molar-refractivity contribution in [3.05, 3.63) is 48.3 Å². The van der Waals surface area contributed by atoms with E-state index in [-0.39, 0.29) is 0 Å². The molecule has 0 aliphatic rings. The van der Waals surface area contributed by atoms with Crippen molar-refractivity contribution in [2.75, 3.05) is 12.8 Å². The van der Waals surface area contributed by atoms with Gasteiger partial charge >= 0.3 is 0 Å². The van der Waals surface area contributed by atoms with Crippen molar-refractivity contribution in [1.82, 2.24) is 15.1 Å². The summed E-state index contributed by atoms with van der Waals surface area (Å²) in [5.74, 6) is 1.01. The van der Waals surface area contributed by atoms with Gasteiger partial charge in [-0.05, 0) is 25.6 Å². The second-order valence-corrected chi connectivity index (χ2v) is 5.60. The lowest BCUT2D eigenvalue weighted by Gasteiger charge is -2.13. The minimum atomic E-state index is 0.343. The number of thioether (sulfide) groups is 1. The average molecular weight is 275 g/mol. The molecule has 3 nitrogen and oxygen atoms in total. The van der Waals surface area contributed by atoms with Crippen LogP contribution in [0.1, 0.15) is 24.9 Å². The fourth-order valence-electron chi connectivity index (χ4n) is 1.95. The quantitative estimate of drug-likeness (QED) is 0.786. The van der Waals surface area contributed by atoms with Crippen LogP contribution in [0.4, 0.5) is 0 Å². The number of rotatable bonds is 7. The van der Waals surface area contributed by atoms with Crippen LogP contribution in [0.2, 0.25) is 0 Å². The maximum Gasteiger partial charge on any atom is 0.0537 e. The van der Waals surface area contributed by atoms with Gasteiger partial charge in [-0.3, -0.25) is 4.68 Å². The van der Waals surface area contributed by atoms with Crippen molar-refractivity contribution in [2.45, 2.75) is 30.8 Å². The van der Waals surface area contributed by atoms with Gasteiger partial charge in [0.25, 0.3) is 0 Å². The molecule has 19 heavy (non-hydrogen) atoms. The molecule has 0 saturated carbocycles. The van der Waals surface area contributed by atoms with Crippen LogP contribution in [-0.4, -0.2) is 22.6 Å². The molecule has 102 valence electrons. The first-order chi connectivity index (χ1) is 9.33. The summed E-state index contributed by atoms with van der Waals surface area (Å²) in [7, 11) is 2.01. The Kier molecular flexibility index (Phi) is 5.48. The Morgan fingerprint density at radius 2 is 2.11 bits per heavy atom. The van der Waals surface area contributed by atoms with Crippen LogP contribution in [0.5, 0.6) is 0 Å². The normalized spacial score (nSPS) is 12.5. The first-order valence-electron chi connectivity index (χ1n) is 6.71. The summed E-state index contributed by atoms with van der Waals surface area (Å²) in [4.78, 5) is 1.31. The molecule has 2 rings (SSSR count). The van der Waals surface area contributed by atoms with Gasteiger partial charge in [-0.2, -0.15) is 5.10 Å². The van der Waals surface area contributed by atoms with E-state index in [1.807, 2.05) is 35.8 Å². The fourth-order valence-corrected chi connectivity index (χ4v) is 3.02. The molecule has 0 aliphatic carbocycles. The molecule has 0 fully saturated rings. The third-order valence-electron chi connectivity index (χ3n) is 3.02. The lowest BCUT2D eigenvalue weighted by atomic mass is 10.2. The van der Waals surface area contributed by atoms with Crippen molar-refractivity contribution in [1.29, 1.82) is 0 Å². The molecule has 0 spiro atoms. The van der Waals surface area contributed by atoms with Crippen LogP contribution < -0.4 is 5.32 Å². The Bertz CT molecular complexity index is 481. The number of benzene rings is 1. The Morgan fingerprint density at radius 3 is 2.79 bits per heavy atom. The topological polar surface area (TPSA) is 29.9 Å². The van der Waals surface area contributed by atoms with Crippen molar-refractivity contribution in [3.8, 4) is 0 Å². The summed E-state index contributed by atoms with van der Waals surface area (Å²) >= 11 is 1.87. The average Bonchev–Trinajstić information content (AvgIpc) is 2.90. The highest BCUT2D eigenvalue weighted by atomic mass is 32.2. The van der Waals surface area contributed by atoms with E-state index in [2.05, 4.69) is 47.8 Å². The summed E-state index contributed by atoms with van der Waals surface area (Å²) in [6, 6.07) is 10.9. The molecule has 1 aromatic heterocycles. The Balaban J connectivity index is 1.95. The number of nitrogens with zero attached hydrogens (tertiary/aromatic N) is 2. The zero-order valence-corrected chi connectivity index (χ0v) is 12.4. The standard InChI is InChI=1S/C15H21N3S/c1-3-9-18-11-13(10-17-18)15(16-2)12-19-14-7-5-4-6-8-14/h4-8,10-11,15-16H,3,9,12H2,1-2H3. The van der Waals surface area contributed by atoms with E-state index in [0.717, 1.165) is 18.7 Å². The molecule has 0 saturated heterocycles. The number of aromatic nitrogens is 2. The maximum absolute atomic E-state index is 4.40. The zero-order chi connectivity index (χ0) is 13.5. The molecule has 1 unspecified atom stereocenters. The highest BCUT2D eigenvalue weighted by molar-refractivity contribution is 7.99. The van der Waals surface area contributed by atoms with Gasteiger partial charge in [0.1, 0.15) is 0 Å². The van der Waals surface area contributed by atoms with Crippen LogP contribution in [-0.2, 0) is 6.54 Å². The van der Waals surface area contributed by atoms with E-state index < -0.39 is 0 Å². The zero-order valence-electron chi connectivity index (χ0n) is 11.5. The highest BCUT2D eigenvalue weighted by Crippen LogP contribution is 2.24. The summed E-state index contributed by atoms with van der Waals surface area (Å²) in [6.45, 7) is 3.16. The van der Waals surface area contributed by atoms with Crippen molar-refractivity contribution >= 4 is 11.8 Å². The smallest absolute Gasteiger partial charge is 0.0537 e. The number of nitrogens with one attached hydrogen (secondary N) is 1. The van der Waals surface area contributed by atoms with E-state index >= 15 is 0 Å². The van der Waals surface area contributed by atoms with Gasteiger partial charge in [-0.1, -0.05) is 25.1 Å². The first kappa shape index (κ1) is 14.2. The van der Waals surface area contributed by atoms with Gasteiger partial charge in [0.15, 0.2) is 0 Å². The molecule has 0 radical (unpaired) electrons. The van der Waals surface area contributed by atoms with Gasteiger partial charge in [-0.25, -0.2) is 0 Å². The third kappa shape index (κ3) is 4.11. The molecule has 1 heterocycles. The largest absolute Gasteiger partial charge is 0.312 e. The first-order valence-corrected chi connectivity index (χ1v) is 7.69. The predicted molar refractivity (Wildman–Crippen MR) is 81.5 cm³/mol. The van der Waals surface area contributed by atoms with E-state index in [9.17, 15) is 0 Å². The minimum Gasteiger partial charge on any atom is -0.312 e. The molecule has 4 heteroatoms. The maximum atomic E-state index is 4.40. The lowest BCUT2D eigenvalue weighted by molar-refractivity contribution is 0.599. The van der Waals surface area contributed by atoms with Gasteiger partial charge < -0.3 is 5.32 Å². The van der Waals surface area contributed by atoms with Gasteiger partial charge in [0.05, 0.1) is 6.20 Å². The summed E-state index contributed by atoms with van der Waals surface area (Å²) in [5, 5.41) is 7.77. The van der Waals surface area contributed by atoms with E-state index in [1.54, 1.807) is 0 Å². The number of hydrogen-bond acceptors (Lipinski definition) is 3. The van der Waals surface area contributed by atoms with E-state index in [1.165, 1.54) is 10.5 Å². The Morgan fingerprint density at radius 1 is 1.32 bits per heavy atom. The van der Waals surface area contributed by atoms with E-state index in [0.29, 0.717) is 6.04 Å². The van der Waals surface area contributed by atoms with Crippen molar-refractivity contribution in [3.63, 3.8) is 0 Å². The highest BCUT2D eigenvalue weighted by Gasteiger charge is 2.11. The van der Waals surface area contributed by atoms with Crippen LogP contribution in [0.3, 0.4) is 0 Å². The van der Waals surface area contributed by atoms with Crippen LogP contribution >= 0.6 is 11.8 Å². The molecule has 0 amide bonds. The molecule has 0 bridgehead atoms. The molecule has 1 N–H and O–H groups in total. The number of aryl methyl sites for hydroxylation is 1. The van der Waals surface area contributed by atoms with Crippen LogP contribution in [0.25, 0.3) is 0 Å². The minimum absolute atomic E-state index is 0.343. The molecular formula is C15H21N3S. The Hall–Kier alpha value is -1.26. The van der Waals surface area contributed by atoms with Crippen molar-refractivity contribution < 1.29 is 0 Å². The third-order valence-corrected chi connectivity index (χ3v) is 4.12. The van der Waals surface area contributed by atoms with Crippen LogP contribution in [0.15, 0.2) is 47.6 Å². The lowest BCUT2D eigenvalue weighted by Crippen LogP contribution is -2.18. The second-order valence-electron chi connectivity index (χ2n) is 4.50. The molecule has 0 aliphatic heterocycles. The SMILES string of the molecule is CCCn1cc(C(CSc2ccccc2)NC)cn1. The summed E-state index contributed by atoms with van der Waals surface area (Å²) in [5.41, 5.74) is 1.26. The van der Waals surface area contributed by atoms with Crippen LogP contribution in [0, 0.1) is 0 Å². The van der Waals surface area contributed by atoms with E-state index in [4.69, 9.17) is 0 Å². The second kappa shape index (κ2) is 7.36. The number of hydrogen-bond donors (Lipinski definition) is 1.